The Morgan fingerprint density at radius 2 is 0.250 bits per heavy atom. The Morgan fingerprint density at radius 1 is 0.250 bits per heavy atom. The van der Waals surface area contributed by atoms with E-state index in [0.29, 0.717) is 0 Å². The van der Waals surface area contributed by atoms with Crippen molar-refractivity contribution in [3.63, 3.8) is 0 Å². The third-order valence-electron chi connectivity index (χ3n) is 0. The molecule has 0 bridgehead atoms. The van der Waals surface area contributed by atoms with E-state index in [-0.39, 0.29) is 99.5 Å². The molecular formula is H10NbO10Ta. The van der Waals surface area contributed by atoms with Gasteiger partial charge in [-0.25, -0.2) is 0 Å². The van der Waals surface area contributed by atoms with Crippen molar-refractivity contribution < 1.29 is 99.5 Å². The zero-order chi connectivity index (χ0) is 0. The van der Waals surface area contributed by atoms with Crippen LogP contribution < -0.4 is 0 Å². The summed E-state index contributed by atoms with van der Waals surface area (Å²) in [6, 6.07) is 0. The summed E-state index contributed by atoms with van der Waals surface area (Å²) in [6.45, 7) is 0. The van der Waals surface area contributed by atoms with Crippen molar-refractivity contribution in [3.05, 3.63) is 0 Å². The van der Waals surface area contributed by atoms with E-state index >= 15 is 0 Å². The molecule has 10 N–H and O–H groups in total. The third kappa shape index (κ3) is 964. The number of hydrogen-bond acceptors (Lipinski definition) is 10. The molecule has 0 heterocycles. The molecule has 10 nitrogen and oxygen atoms in total. The van der Waals surface area contributed by atoms with Crippen LogP contribution in [-0.4, -0.2) is 54.8 Å². The average molecular weight is 444 g/mol. The number of rotatable bonds is 0. The summed E-state index contributed by atoms with van der Waals surface area (Å²) < 4.78 is 0. The van der Waals surface area contributed by atoms with Crippen LogP contribution in [-0.2, 0) is 44.8 Å². The van der Waals surface area contributed by atoms with Crippen LogP contribution in [0.3, 0.4) is 0 Å². The molecule has 0 saturated heterocycles. The molecule has 0 saturated carbocycles. The normalized spacial score (nSPS) is 0. The summed E-state index contributed by atoms with van der Waals surface area (Å²) >= 11 is 0. The Balaban J connectivity index is 0. The van der Waals surface area contributed by atoms with E-state index in [1.807, 2.05) is 0 Å². The minimum absolute atomic E-state index is 0. The molecule has 12 heteroatoms. The second-order valence-corrected chi connectivity index (χ2v) is 0. The van der Waals surface area contributed by atoms with Crippen molar-refractivity contribution >= 4 is 0 Å². The Bertz CT molecular complexity index is 9.80. The van der Waals surface area contributed by atoms with E-state index in [1.54, 1.807) is 0 Å². The van der Waals surface area contributed by atoms with Gasteiger partial charge in [0.15, 0.2) is 0 Å². The van der Waals surface area contributed by atoms with E-state index in [1.165, 1.54) is 0 Å². The Hall–Kier alpha value is 1.08. The number of hydrogen-bond donors (Lipinski definition) is 0. The molecule has 0 amide bonds. The summed E-state index contributed by atoms with van der Waals surface area (Å²) in [5, 5.41) is 0. The largest absolute Gasteiger partial charge is 5.00 e. The fourth-order valence-corrected chi connectivity index (χ4v) is 0. The van der Waals surface area contributed by atoms with Gasteiger partial charge < -0.3 is 54.8 Å². The van der Waals surface area contributed by atoms with Crippen LogP contribution in [0.5, 0.6) is 0 Å². The first kappa shape index (κ1) is 1640. The molecular weight excluding hydrogens is 434 g/mol. The molecule has 0 aliphatic rings. The zero-order valence-electron chi connectivity index (χ0n) is 5.37. The van der Waals surface area contributed by atoms with Gasteiger partial charge in [0.25, 0.3) is 0 Å². The first-order valence-electron chi connectivity index (χ1n) is 0. The molecule has 0 aromatic carbocycles. The minimum atomic E-state index is 0. The zero-order valence-corrected chi connectivity index (χ0v) is 10.8. The summed E-state index contributed by atoms with van der Waals surface area (Å²) in [7, 11) is 0. The molecule has 12 heavy (non-hydrogen) atoms. The quantitative estimate of drug-likeness (QED) is 0.378. The fourth-order valence-electron chi connectivity index (χ4n) is 0. The average Bonchev–Trinajstić information content (AvgIpc) is 0. The van der Waals surface area contributed by atoms with Gasteiger partial charge in [0.1, 0.15) is 0 Å². The van der Waals surface area contributed by atoms with Crippen molar-refractivity contribution in [3.8, 4) is 0 Å². The van der Waals surface area contributed by atoms with Crippen LogP contribution in [0.25, 0.3) is 0 Å². The SMILES string of the molecule is [Nb+5].[OH-].[OH-].[OH-].[OH-].[OH-].[OH-].[OH-].[OH-].[OH-].[OH-].[Ta+5]. The van der Waals surface area contributed by atoms with Gasteiger partial charge in [-0.1, -0.05) is 0 Å². The standard InChI is InChI=1S/Nb.10H2O.Ta/h;10*1H2;/q+5;;;;;;;;;;;+5/p-10. The summed E-state index contributed by atoms with van der Waals surface area (Å²) in [5.74, 6) is 0. The fraction of sp³-hybridized carbons (Fsp3) is 0. The Morgan fingerprint density at radius 3 is 0.250 bits per heavy atom. The van der Waals surface area contributed by atoms with E-state index < -0.39 is 0 Å². The van der Waals surface area contributed by atoms with Crippen LogP contribution in [0, 0.1) is 0 Å². The summed E-state index contributed by atoms with van der Waals surface area (Å²) in [5.41, 5.74) is 0. The maximum atomic E-state index is 0. The van der Waals surface area contributed by atoms with E-state index in [9.17, 15) is 0 Å². The molecule has 0 atom stereocenters. The summed E-state index contributed by atoms with van der Waals surface area (Å²) in [4.78, 5) is 0. The van der Waals surface area contributed by atoms with E-state index in [0.717, 1.165) is 0 Å². The Labute approximate surface area is 99.4 Å². The maximum Gasteiger partial charge on any atom is 5.00 e. The smallest absolute Gasteiger partial charge is 0.870 e. The molecule has 0 aromatic rings. The van der Waals surface area contributed by atoms with Gasteiger partial charge in [0.2, 0.25) is 0 Å². The van der Waals surface area contributed by atoms with Gasteiger partial charge in [-0.05, 0) is 0 Å². The molecule has 0 radical (unpaired) electrons. The molecule has 0 rings (SSSR count). The maximum absolute atomic E-state index is 0. The third-order valence-corrected chi connectivity index (χ3v) is 0. The predicted molar refractivity (Wildman–Crippen MR) is 19.4 cm³/mol. The second-order valence-electron chi connectivity index (χ2n) is 0. The minimum Gasteiger partial charge on any atom is -0.870 e. The van der Waals surface area contributed by atoms with E-state index in [2.05, 4.69) is 0 Å². The molecule has 0 unspecified atom stereocenters. The van der Waals surface area contributed by atoms with E-state index in [4.69, 9.17) is 0 Å². The van der Waals surface area contributed by atoms with Gasteiger partial charge in [-0.2, -0.15) is 0 Å². The summed E-state index contributed by atoms with van der Waals surface area (Å²) in [6.07, 6.45) is 0. The Kier molecular flexibility index (Phi) is 173000. The van der Waals surface area contributed by atoms with Gasteiger partial charge in [-0.3, -0.25) is 0 Å². The van der Waals surface area contributed by atoms with Crippen LogP contribution in [0.2, 0.25) is 0 Å². The van der Waals surface area contributed by atoms with Gasteiger partial charge in [0, 0.05) is 0 Å². The van der Waals surface area contributed by atoms with Crippen molar-refractivity contribution in [2.24, 2.45) is 0 Å². The molecule has 0 aliphatic heterocycles. The van der Waals surface area contributed by atoms with Crippen LogP contribution >= 0.6 is 0 Å². The van der Waals surface area contributed by atoms with Crippen molar-refractivity contribution in [1.29, 1.82) is 0 Å². The molecule has 0 spiro atoms. The van der Waals surface area contributed by atoms with Crippen LogP contribution in [0.15, 0.2) is 0 Å². The van der Waals surface area contributed by atoms with Crippen molar-refractivity contribution in [1.82, 2.24) is 0 Å². The van der Waals surface area contributed by atoms with Gasteiger partial charge in [0.05, 0.1) is 0 Å². The second kappa shape index (κ2) is 1270. The predicted octanol–water partition coefficient (Wildman–Crippen LogP) is -1.77. The topological polar surface area (TPSA) is 300 Å². The first-order valence-corrected chi connectivity index (χ1v) is 0. The molecule has 0 aromatic heterocycles. The van der Waals surface area contributed by atoms with Gasteiger partial charge in [-0.15, -0.1) is 0 Å². The van der Waals surface area contributed by atoms with Gasteiger partial charge >= 0.3 is 44.8 Å². The van der Waals surface area contributed by atoms with Crippen LogP contribution in [0.4, 0.5) is 0 Å². The van der Waals surface area contributed by atoms with Crippen molar-refractivity contribution in [2.45, 2.75) is 0 Å². The molecule has 0 aliphatic carbocycles. The van der Waals surface area contributed by atoms with Crippen LogP contribution in [0.1, 0.15) is 0 Å². The first-order chi connectivity index (χ1) is 0. The van der Waals surface area contributed by atoms with Crippen molar-refractivity contribution in [2.75, 3.05) is 0 Å². The molecule has 0 fully saturated rings. The monoisotopic (exact) mass is 444 g/mol. The molecule has 80 valence electrons.